The number of hydrogen-bond acceptors (Lipinski definition) is 12. The van der Waals surface area contributed by atoms with E-state index in [2.05, 4.69) is 38.6 Å². The summed E-state index contributed by atoms with van der Waals surface area (Å²) >= 11 is 6.98. The number of thiazole rings is 1. The molecule has 1 aromatic heterocycles. The highest BCUT2D eigenvalue weighted by molar-refractivity contribution is 7.99. The van der Waals surface area contributed by atoms with Gasteiger partial charge >= 0.3 is 5.97 Å². The molecule has 6 atom stereocenters. The molecule has 3 aromatic rings. The molecule has 0 bridgehead atoms. The molecule has 0 saturated carbocycles. The molecule has 69 heavy (non-hydrogen) atoms. The van der Waals surface area contributed by atoms with E-state index in [1.807, 2.05) is 102 Å². The number of nitrogens with zero attached hydrogens (tertiary/aromatic N) is 4. The molecule has 6 amide bonds. The molecule has 1 saturated heterocycles. The monoisotopic (exact) mass is 1010 g/mol. The maximum atomic E-state index is 14.3. The summed E-state index contributed by atoms with van der Waals surface area (Å²) in [6.07, 6.45) is 1.72. The minimum absolute atomic E-state index is 0.000410. The number of thiol groups is 1. The Morgan fingerprint density at radius 3 is 2.12 bits per heavy atom. The van der Waals surface area contributed by atoms with Gasteiger partial charge in [-0.05, 0) is 41.9 Å². The Kier molecular flexibility index (Phi) is 21.9. The van der Waals surface area contributed by atoms with Gasteiger partial charge in [-0.2, -0.15) is 12.6 Å². The number of amides is 6. The first-order valence-electron chi connectivity index (χ1n) is 23.7. The highest BCUT2D eigenvalue weighted by Crippen LogP contribution is 2.31. The largest absolute Gasteiger partial charge is 0.455 e. The molecule has 3 N–H and O–H groups in total. The van der Waals surface area contributed by atoms with Crippen LogP contribution in [-0.2, 0) is 39.9 Å². The number of ether oxygens (including phenoxy) is 1. The average molecular weight is 1010 g/mol. The third-order valence-corrected chi connectivity index (χ3v) is 14.2. The Bertz CT molecular complexity index is 2240. The SMILES string of the molecule is CC[C@H](C)CC(=O)N(C)[C@H](C[C@@H](OC(C)=O)c1nc(C(=O)N[C@@H](CSc2ccccc2)C(=O)N[C@H](C(=O)N[C@@H](Cc2ccccc2)C(=O)N=C2CN(C(=O)CCC(C)(C)S)C2)C(C)C)cs1)C(C)C. The van der Waals surface area contributed by atoms with Gasteiger partial charge in [0.1, 0.15) is 28.8 Å². The Morgan fingerprint density at radius 1 is 0.899 bits per heavy atom. The van der Waals surface area contributed by atoms with E-state index in [1.165, 1.54) is 24.1 Å². The molecule has 1 aliphatic heterocycles. The van der Waals surface area contributed by atoms with Crippen LogP contribution in [0.3, 0.4) is 0 Å². The molecule has 2 heterocycles. The molecule has 4 rings (SSSR count). The Balaban J connectivity index is 1.53. The molecule has 2 aromatic carbocycles. The summed E-state index contributed by atoms with van der Waals surface area (Å²) in [7, 11) is 1.76. The van der Waals surface area contributed by atoms with Crippen molar-refractivity contribution in [2.45, 2.75) is 141 Å². The number of rotatable bonds is 25. The lowest BCUT2D eigenvalue weighted by molar-refractivity contribution is -0.148. The van der Waals surface area contributed by atoms with E-state index in [4.69, 9.17) is 4.74 Å². The number of aromatic nitrogens is 1. The van der Waals surface area contributed by atoms with Crippen LogP contribution in [-0.4, -0.2) is 117 Å². The molecule has 376 valence electrons. The second kappa shape index (κ2) is 26.8. The van der Waals surface area contributed by atoms with Gasteiger partial charge in [-0.3, -0.25) is 33.6 Å². The van der Waals surface area contributed by atoms with E-state index in [1.54, 1.807) is 30.7 Å². The number of carbonyl (C=O) groups is 7. The Hall–Kier alpha value is -5.07. The van der Waals surface area contributed by atoms with Crippen LogP contribution in [0.15, 0.2) is 75.9 Å². The summed E-state index contributed by atoms with van der Waals surface area (Å²) in [4.78, 5) is 108. The van der Waals surface area contributed by atoms with Gasteiger partial charge < -0.3 is 30.5 Å². The molecule has 1 fully saturated rings. The molecular formula is C51H71N7O8S3. The van der Waals surface area contributed by atoms with Crippen molar-refractivity contribution in [1.82, 2.24) is 30.7 Å². The van der Waals surface area contributed by atoms with E-state index in [0.717, 1.165) is 28.2 Å². The highest BCUT2D eigenvalue weighted by Gasteiger charge is 2.35. The van der Waals surface area contributed by atoms with Gasteiger partial charge in [-0.1, -0.05) is 110 Å². The first-order chi connectivity index (χ1) is 32.5. The summed E-state index contributed by atoms with van der Waals surface area (Å²) in [5.74, 6) is -3.21. The smallest absolute Gasteiger partial charge is 0.303 e. The lowest BCUT2D eigenvalue weighted by atomic mass is 9.95. The summed E-state index contributed by atoms with van der Waals surface area (Å²) in [5.41, 5.74) is 1.31. The first kappa shape index (κ1) is 56.5. The zero-order valence-corrected chi connectivity index (χ0v) is 44.2. The van der Waals surface area contributed by atoms with Gasteiger partial charge in [0.15, 0.2) is 6.10 Å². The zero-order chi connectivity index (χ0) is 51.0. The Morgan fingerprint density at radius 2 is 1.54 bits per heavy atom. The van der Waals surface area contributed by atoms with Gasteiger partial charge in [0, 0.05) is 66.5 Å². The van der Waals surface area contributed by atoms with E-state index in [0.29, 0.717) is 30.0 Å². The number of aliphatic imine (C=N–C) groups is 1. The van der Waals surface area contributed by atoms with E-state index >= 15 is 0 Å². The van der Waals surface area contributed by atoms with Crippen molar-refractivity contribution in [2.24, 2.45) is 22.7 Å². The second-order valence-corrected chi connectivity index (χ2v) is 22.3. The van der Waals surface area contributed by atoms with Gasteiger partial charge in [0.05, 0.1) is 18.8 Å². The predicted molar refractivity (Wildman–Crippen MR) is 275 cm³/mol. The molecule has 0 aliphatic carbocycles. The number of hydrogen-bond donors (Lipinski definition) is 4. The van der Waals surface area contributed by atoms with Crippen LogP contribution in [0.1, 0.15) is 122 Å². The Labute approximate surface area is 421 Å². The normalized spacial score (nSPS) is 15.2. The molecular weight excluding hydrogens is 935 g/mol. The van der Waals surface area contributed by atoms with Crippen LogP contribution in [0.2, 0.25) is 0 Å². The van der Waals surface area contributed by atoms with Crippen LogP contribution in [0.4, 0.5) is 0 Å². The quantitative estimate of drug-likeness (QED) is 0.0386. The lowest BCUT2D eigenvalue weighted by Gasteiger charge is -2.34. The van der Waals surface area contributed by atoms with Crippen LogP contribution in [0.5, 0.6) is 0 Å². The van der Waals surface area contributed by atoms with Crippen molar-refractivity contribution in [3.63, 3.8) is 0 Å². The van der Waals surface area contributed by atoms with Crippen molar-refractivity contribution in [3.05, 3.63) is 82.3 Å². The molecule has 0 unspecified atom stereocenters. The number of benzene rings is 2. The van der Waals surface area contributed by atoms with Crippen molar-refractivity contribution < 1.29 is 38.3 Å². The first-order valence-corrected chi connectivity index (χ1v) is 26.0. The van der Waals surface area contributed by atoms with Crippen molar-refractivity contribution in [3.8, 4) is 0 Å². The summed E-state index contributed by atoms with van der Waals surface area (Å²) in [5, 5.41) is 10.4. The van der Waals surface area contributed by atoms with Gasteiger partial charge in [-0.15, -0.1) is 23.1 Å². The van der Waals surface area contributed by atoms with Crippen LogP contribution < -0.4 is 16.0 Å². The standard InChI is InChI=1S/C51H71N7O8S3/c1-11-33(6)24-44(61)57(10)41(31(2)3)26-42(66-34(7)59)50-55-40(30-69-50)47(63)54-39(29-68-37-20-16-13-17-21-37)48(64)56-45(32(4)5)49(65)53-38(25-35-18-14-12-15-19-35)46(62)52-36-27-58(28-36)43(60)22-23-51(8,9)67/h12-21,30-33,38-39,41-42,45,67H,11,22-29H2,1-10H3,(H,53,65)(H,54,63)(H,56,64)/t33-,38-,39-,41+,42+,45-/m0/s1. The second-order valence-electron chi connectivity index (χ2n) is 19.1. The highest BCUT2D eigenvalue weighted by atomic mass is 32.2. The number of likely N-dealkylation sites (tertiary alicyclic amines) is 1. The van der Waals surface area contributed by atoms with Crippen LogP contribution >= 0.6 is 35.7 Å². The average Bonchev–Trinajstić information content (AvgIpc) is 3.78. The van der Waals surface area contributed by atoms with Crippen molar-refractivity contribution >= 4 is 82.9 Å². The molecule has 15 nitrogen and oxygen atoms in total. The van der Waals surface area contributed by atoms with Crippen molar-refractivity contribution in [2.75, 3.05) is 25.9 Å². The third-order valence-electron chi connectivity index (χ3n) is 11.9. The van der Waals surface area contributed by atoms with Crippen LogP contribution in [0, 0.1) is 17.8 Å². The third kappa shape index (κ3) is 18.3. The van der Waals surface area contributed by atoms with Gasteiger partial charge in [0.2, 0.25) is 23.6 Å². The van der Waals surface area contributed by atoms with E-state index in [-0.39, 0.29) is 71.8 Å². The predicted octanol–water partition coefficient (Wildman–Crippen LogP) is 7.11. The fourth-order valence-electron chi connectivity index (χ4n) is 7.47. The van der Waals surface area contributed by atoms with E-state index < -0.39 is 59.7 Å². The lowest BCUT2D eigenvalue weighted by Crippen LogP contribution is -2.58. The van der Waals surface area contributed by atoms with Crippen molar-refractivity contribution in [1.29, 1.82) is 0 Å². The zero-order valence-electron chi connectivity index (χ0n) is 41.7. The number of esters is 1. The minimum atomic E-state index is -1.15. The topological polar surface area (TPSA) is 197 Å². The van der Waals surface area contributed by atoms with Gasteiger partial charge in [0.25, 0.3) is 11.8 Å². The summed E-state index contributed by atoms with van der Waals surface area (Å²) in [6, 6.07) is 14.9. The summed E-state index contributed by atoms with van der Waals surface area (Å²) in [6.45, 7) is 17.2. The minimum Gasteiger partial charge on any atom is -0.455 e. The fraction of sp³-hybridized carbons (Fsp3) is 0.549. The molecule has 18 heteroatoms. The molecule has 0 radical (unpaired) electrons. The maximum Gasteiger partial charge on any atom is 0.303 e. The maximum absolute atomic E-state index is 14.3. The number of nitrogens with one attached hydrogen (secondary N) is 3. The molecule has 0 spiro atoms. The van der Waals surface area contributed by atoms with E-state index in [9.17, 15) is 33.6 Å². The summed E-state index contributed by atoms with van der Waals surface area (Å²) < 4.78 is 5.47. The number of thioether (sulfide) groups is 1. The molecule has 1 aliphatic rings. The number of carbonyl (C=O) groups excluding carboxylic acids is 7. The fourth-order valence-corrected chi connectivity index (χ4v) is 9.36. The van der Waals surface area contributed by atoms with Crippen LogP contribution in [0.25, 0.3) is 0 Å². The van der Waals surface area contributed by atoms with Gasteiger partial charge in [-0.25, -0.2) is 9.98 Å².